The van der Waals surface area contributed by atoms with Gasteiger partial charge in [0, 0.05) is 11.6 Å². The smallest absolute Gasteiger partial charge is 0.147 e. The van der Waals surface area contributed by atoms with Crippen molar-refractivity contribution >= 4 is 25.8 Å². The van der Waals surface area contributed by atoms with E-state index < -0.39 is 9.84 Å². The first-order chi connectivity index (χ1) is 7.90. The topological polar surface area (TPSA) is 34.1 Å². The number of rotatable bonds is 6. The minimum atomic E-state index is -2.91. The molecule has 0 fully saturated rings. The number of sulfone groups is 1. The summed E-state index contributed by atoms with van der Waals surface area (Å²) in [6.45, 7) is 0. The molecule has 2 nitrogen and oxygen atoms in total. The SMILES string of the molecule is CS(=O)(=O)CCC(CBr)Cc1ccc(F)cc1. The maximum absolute atomic E-state index is 12.7. The first-order valence-electron chi connectivity index (χ1n) is 5.39. The molecule has 0 spiro atoms. The molecule has 0 aliphatic heterocycles. The first-order valence-corrected chi connectivity index (χ1v) is 8.57. The first kappa shape index (κ1) is 14.6. The summed E-state index contributed by atoms with van der Waals surface area (Å²) in [5.41, 5.74) is 1.03. The molecule has 0 saturated carbocycles. The highest BCUT2D eigenvalue weighted by Gasteiger charge is 2.12. The van der Waals surface area contributed by atoms with Gasteiger partial charge in [0.15, 0.2) is 0 Å². The predicted octanol–water partition coefficient (Wildman–Crippen LogP) is 2.81. The van der Waals surface area contributed by atoms with Crippen LogP contribution in [0.1, 0.15) is 12.0 Å². The molecule has 5 heteroatoms. The molecule has 0 aliphatic carbocycles. The lowest BCUT2D eigenvalue weighted by Gasteiger charge is -2.13. The molecule has 0 bridgehead atoms. The van der Waals surface area contributed by atoms with Gasteiger partial charge in [0.2, 0.25) is 0 Å². The van der Waals surface area contributed by atoms with Crippen LogP contribution >= 0.6 is 15.9 Å². The van der Waals surface area contributed by atoms with Crippen LogP contribution in [0.5, 0.6) is 0 Å². The Hall–Kier alpha value is -0.420. The molecule has 1 aromatic carbocycles. The maximum Gasteiger partial charge on any atom is 0.147 e. The van der Waals surface area contributed by atoms with Crippen molar-refractivity contribution in [1.82, 2.24) is 0 Å². The number of hydrogen-bond donors (Lipinski definition) is 0. The minimum Gasteiger partial charge on any atom is -0.229 e. The Bertz CT molecular complexity index is 442. The summed E-state index contributed by atoms with van der Waals surface area (Å²) in [6, 6.07) is 6.34. The molecule has 0 heterocycles. The molecule has 1 rings (SSSR count). The van der Waals surface area contributed by atoms with Crippen LogP contribution in [0, 0.1) is 11.7 Å². The van der Waals surface area contributed by atoms with E-state index in [-0.39, 0.29) is 17.5 Å². The van der Waals surface area contributed by atoms with Gasteiger partial charge in [-0.1, -0.05) is 28.1 Å². The maximum atomic E-state index is 12.7. The van der Waals surface area contributed by atoms with E-state index in [0.29, 0.717) is 6.42 Å². The van der Waals surface area contributed by atoms with Crippen molar-refractivity contribution < 1.29 is 12.8 Å². The van der Waals surface area contributed by atoms with Crippen molar-refractivity contribution in [2.75, 3.05) is 17.3 Å². The Kier molecular flexibility index (Phi) is 5.59. The second-order valence-corrected chi connectivity index (χ2v) is 7.18. The summed E-state index contributed by atoms with van der Waals surface area (Å²) in [4.78, 5) is 0. The number of hydrogen-bond acceptors (Lipinski definition) is 2. The molecule has 1 unspecified atom stereocenters. The summed E-state index contributed by atoms with van der Waals surface area (Å²) in [7, 11) is -2.91. The van der Waals surface area contributed by atoms with Gasteiger partial charge in [-0.25, -0.2) is 12.8 Å². The molecule has 17 heavy (non-hydrogen) atoms. The molecule has 0 radical (unpaired) electrons. The summed E-state index contributed by atoms with van der Waals surface area (Å²) >= 11 is 3.39. The van der Waals surface area contributed by atoms with Crippen LogP contribution in [0.2, 0.25) is 0 Å². The van der Waals surface area contributed by atoms with Crippen molar-refractivity contribution in [2.24, 2.45) is 5.92 Å². The third-order valence-corrected chi connectivity index (χ3v) is 4.45. The lowest BCUT2D eigenvalue weighted by Crippen LogP contribution is -2.13. The number of alkyl halides is 1. The largest absolute Gasteiger partial charge is 0.229 e. The molecular formula is C12H16BrFO2S. The average molecular weight is 323 g/mol. The molecule has 0 aliphatic rings. The number of halogens is 2. The van der Waals surface area contributed by atoms with E-state index in [4.69, 9.17) is 0 Å². The van der Waals surface area contributed by atoms with Crippen molar-refractivity contribution in [2.45, 2.75) is 12.8 Å². The average Bonchev–Trinajstić information content (AvgIpc) is 2.25. The van der Waals surface area contributed by atoms with E-state index in [1.807, 2.05) is 0 Å². The van der Waals surface area contributed by atoms with Gasteiger partial charge in [0.1, 0.15) is 15.7 Å². The Labute approximate surface area is 110 Å². The van der Waals surface area contributed by atoms with Crippen LogP contribution in [0.3, 0.4) is 0 Å². The van der Waals surface area contributed by atoms with Gasteiger partial charge in [0.25, 0.3) is 0 Å². The Morgan fingerprint density at radius 2 is 1.88 bits per heavy atom. The Morgan fingerprint density at radius 3 is 2.35 bits per heavy atom. The Balaban J connectivity index is 2.55. The van der Waals surface area contributed by atoms with Crippen LogP contribution < -0.4 is 0 Å². The molecule has 0 amide bonds. The lowest BCUT2D eigenvalue weighted by atomic mass is 9.99. The predicted molar refractivity (Wildman–Crippen MR) is 71.7 cm³/mol. The zero-order valence-corrected chi connectivity index (χ0v) is 12.1. The number of benzene rings is 1. The third-order valence-electron chi connectivity index (χ3n) is 2.55. The van der Waals surface area contributed by atoms with Gasteiger partial charge in [-0.3, -0.25) is 0 Å². The highest BCUT2D eigenvalue weighted by molar-refractivity contribution is 9.09. The van der Waals surface area contributed by atoms with Crippen molar-refractivity contribution in [3.05, 3.63) is 35.6 Å². The molecule has 0 N–H and O–H groups in total. The monoisotopic (exact) mass is 322 g/mol. The van der Waals surface area contributed by atoms with Crippen molar-refractivity contribution in [3.8, 4) is 0 Å². The highest BCUT2D eigenvalue weighted by Crippen LogP contribution is 2.16. The summed E-state index contributed by atoms with van der Waals surface area (Å²) in [6.07, 6.45) is 2.64. The van der Waals surface area contributed by atoms with Gasteiger partial charge < -0.3 is 0 Å². The molecule has 96 valence electrons. The van der Waals surface area contributed by atoms with Crippen LogP contribution in [0.15, 0.2) is 24.3 Å². The van der Waals surface area contributed by atoms with E-state index in [1.54, 1.807) is 12.1 Å². The van der Waals surface area contributed by atoms with Gasteiger partial charge in [-0.2, -0.15) is 0 Å². The molecule has 1 aromatic rings. The van der Waals surface area contributed by atoms with Gasteiger partial charge in [-0.15, -0.1) is 0 Å². The van der Waals surface area contributed by atoms with E-state index in [0.717, 1.165) is 17.3 Å². The highest BCUT2D eigenvalue weighted by atomic mass is 79.9. The van der Waals surface area contributed by atoms with Crippen LogP contribution in [-0.4, -0.2) is 25.8 Å². The quantitative estimate of drug-likeness (QED) is 0.755. The van der Waals surface area contributed by atoms with Gasteiger partial charge >= 0.3 is 0 Å². The fourth-order valence-corrected chi connectivity index (χ4v) is 2.88. The fraction of sp³-hybridized carbons (Fsp3) is 0.500. The summed E-state index contributed by atoms with van der Waals surface area (Å²) < 4.78 is 34.9. The van der Waals surface area contributed by atoms with Gasteiger partial charge in [-0.05, 0) is 36.5 Å². The third kappa shape index (κ3) is 6.17. The minimum absolute atomic E-state index is 0.199. The van der Waals surface area contributed by atoms with Crippen LogP contribution in [0.25, 0.3) is 0 Å². The normalized spacial score (nSPS) is 13.6. The zero-order chi connectivity index (χ0) is 12.9. The van der Waals surface area contributed by atoms with E-state index >= 15 is 0 Å². The molecule has 0 saturated heterocycles. The van der Waals surface area contributed by atoms with Crippen LogP contribution in [0.4, 0.5) is 4.39 Å². The van der Waals surface area contributed by atoms with E-state index in [9.17, 15) is 12.8 Å². The molecular weight excluding hydrogens is 307 g/mol. The second kappa shape index (κ2) is 6.50. The lowest BCUT2D eigenvalue weighted by molar-refractivity contribution is 0.554. The van der Waals surface area contributed by atoms with E-state index in [2.05, 4.69) is 15.9 Å². The standard InChI is InChI=1S/C12H16BrFO2S/c1-17(15,16)7-6-11(9-13)8-10-2-4-12(14)5-3-10/h2-5,11H,6-9H2,1H3. The second-order valence-electron chi connectivity index (χ2n) is 4.27. The zero-order valence-electron chi connectivity index (χ0n) is 9.70. The van der Waals surface area contributed by atoms with Gasteiger partial charge in [0.05, 0.1) is 5.75 Å². The van der Waals surface area contributed by atoms with E-state index in [1.165, 1.54) is 18.4 Å². The Morgan fingerprint density at radius 1 is 1.29 bits per heavy atom. The van der Waals surface area contributed by atoms with Crippen LogP contribution in [-0.2, 0) is 16.3 Å². The molecule has 1 atom stereocenters. The summed E-state index contributed by atoms with van der Waals surface area (Å²) in [5.74, 6) is 0.209. The van der Waals surface area contributed by atoms with Crippen molar-refractivity contribution in [3.63, 3.8) is 0 Å². The van der Waals surface area contributed by atoms with Crippen molar-refractivity contribution in [1.29, 1.82) is 0 Å². The molecule has 0 aromatic heterocycles. The summed E-state index contributed by atoms with van der Waals surface area (Å²) in [5, 5.41) is 0.750. The fourth-order valence-electron chi connectivity index (χ4n) is 1.57.